The predicted molar refractivity (Wildman–Crippen MR) is 69.3 cm³/mol. The number of methoxy groups -OCH3 is 1. The van der Waals surface area contributed by atoms with Crippen molar-refractivity contribution in [2.75, 3.05) is 38.4 Å². The largest absolute Gasteiger partial charge is 0.407 e. The zero-order chi connectivity index (χ0) is 12.5. The summed E-state index contributed by atoms with van der Waals surface area (Å²) in [5, 5.41) is 14.6. The Hall–Kier alpha value is -0.790. The highest BCUT2D eigenvalue weighted by Crippen LogP contribution is 2.08. The minimum absolute atomic E-state index is 0.481. The van der Waals surface area contributed by atoms with Gasteiger partial charge in [0, 0.05) is 25.4 Å². The lowest BCUT2D eigenvalue weighted by molar-refractivity contribution is 0.198. The molecule has 0 aliphatic carbocycles. The molecule has 0 aromatic carbocycles. The average Bonchev–Trinajstić information content (AvgIpc) is 2.79. The Morgan fingerprint density at radius 1 is 1.47 bits per heavy atom. The number of hydrogen-bond acceptors (Lipinski definition) is 7. The van der Waals surface area contributed by atoms with Gasteiger partial charge in [-0.25, -0.2) is 0 Å². The summed E-state index contributed by atoms with van der Waals surface area (Å²) in [6.45, 7) is 4.97. The molecule has 0 bridgehead atoms. The van der Waals surface area contributed by atoms with E-state index in [-0.39, 0.29) is 0 Å². The smallest absolute Gasteiger partial charge is 0.315 e. The van der Waals surface area contributed by atoms with Gasteiger partial charge >= 0.3 is 6.01 Å². The van der Waals surface area contributed by atoms with E-state index in [1.807, 2.05) is 0 Å². The molecule has 17 heavy (non-hydrogen) atoms. The molecule has 0 saturated heterocycles. The predicted octanol–water partition coefficient (Wildman–Crippen LogP) is 0.969. The zero-order valence-corrected chi connectivity index (χ0v) is 11.3. The highest BCUT2D eigenvalue weighted by molar-refractivity contribution is 7.99. The molecule has 0 aliphatic heterocycles. The topological polar surface area (TPSA) is 72.2 Å². The van der Waals surface area contributed by atoms with E-state index in [4.69, 9.17) is 9.15 Å². The monoisotopic (exact) mass is 260 g/mol. The van der Waals surface area contributed by atoms with E-state index in [9.17, 15) is 0 Å². The molecule has 0 fully saturated rings. The molecule has 0 saturated carbocycles. The van der Waals surface area contributed by atoms with Crippen LogP contribution in [0.2, 0.25) is 0 Å². The SMILES string of the molecule is COCCNCc1nnc(NCC(C)SC)o1. The highest BCUT2D eigenvalue weighted by Gasteiger charge is 2.06. The number of ether oxygens (including phenoxy) is 1. The summed E-state index contributed by atoms with van der Waals surface area (Å²) < 4.78 is 10.3. The van der Waals surface area contributed by atoms with Crippen molar-refractivity contribution in [2.24, 2.45) is 0 Å². The van der Waals surface area contributed by atoms with Crippen LogP contribution in [0, 0.1) is 0 Å². The number of thioether (sulfide) groups is 1. The Balaban J connectivity index is 2.22. The molecule has 1 heterocycles. The van der Waals surface area contributed by atoms with E-state index >= 15 is 0 Å². The van der Waals surface area contributed by atoms with E-state index in [1.165, 1.54) is 0 Å². The van der Waals surface area contributed by atoms with Crippen LogP contribution in [0.5, 0.6) is 0 Å². The molecule has 1 aromatic rings. The number of nitrogens with one attached hydrogen (secondary N) is 2. The Morgan fingerprint density at radius 3 is 3.00 bits per heavy atom. The zero-order valence-electron chi connectivity index (χ0n) is 10.5. The normalized spacial score (nSPS) is 12.6. The first-order valence-electron chi connectivity index (χ1n) is 5.55. The van der Waals surface area contributed by atoms with Crippen LogP contribution < -0.4 is 10.6 Å². The fourth-order valence-electron chi connectivity index (χ4n) is 1.08. The van der Waals surface area contributed by atoms with Gasteiger partial charge in [-0.1, -0.05) is 12.0 Å². The van der Waals surface area contributed by atoms with Crippen LogP contribution in [-0.2, 0) is 11.3 Å². The van der Waals surface area contributed by atoms with Crippen molar-refractivity contribution in [1.82, 2.24) is 15.5 Å². The number of aromatic nitrogens is 2. The van der Waals surface area contributed by atoms with Crippen molar-refractivity contribution >= 4 is 17.8 Å². The average molecular weight is 260 g/mol. The Kier molecular flexibility index (Phi) is 6.99. The molecule has 1 aromatic heterocycles. The van der Waals surface area contributed by atoms with Crippen LogP contribution in [0.3, 0.4) is 0 Å². The molecule has 0 aliphatic rings. The number of anilines is 1. The summed E-state index contributed by atoms with van der Waals surface area (Å²) in [6.07, 6.45) is 2.07. The molecular formula is C10H20N4O2S. The van der Waals surface area contributed by atoms with Gasteiger partial charge in [-0.3, -0.25) is 0 Å². The van der Waals surface area contributed by atoms with Gasteiger partial charge < -0.3 is 19.8 Å². The molecule has 98 valence electrons. The van der Waals surface area contributed by atoms with Gasteiger partial charge in [0.2, 0.25) is 5.89 Å². The first kappa shape index (κ1) is 14.3. The van der Waals surface area contributed by atoms with Gasteiger partial charge in [0.05, 0.1) is 13.2 Å². The third-order valence-electron chi connectivity index (χ3n) is 2.17. The number of nitrogens with zero attached hydrogens (tertiary/aromatic N) is 2. The molecule has 0 spiro atoms. The van der Waals surface area contributed by atoms with Crippen molar-refractivity contribution in [1.29, 1.82) is 0 Å². The fraction of sp³-hybridized carbons (Fsp3) is 0.800. The summed E-state index contributed by atoms with van der Waals surface area (Å²) >= 11 is 1.79. The Labute approximate surface area is 106 Å². The van der Waals surface area contributed by atoms with Crippen LogP contribution in [0.1, 0.15) is 12.8 Å². The van der Waals surface area contributed by atoms with Gasteiger partial charge in [0.25, 0.3) is 0 Å². The molecule has 1 atom stereocenters. The van der Waals surface area contributed by atoms with Gasteiger partial charge in [-0.05, 0) is 6.26 Å². The van der Waals surface area contributed by atoms with E-state index in [0.717, 1.165) is 13.1 Å². The second-order valence-electron chi connectivity index (χ2n) is 3.60. The molecule has 7 heteroatoms. The Morgan fingerprint density at radius 2 is 2.29 bits per heavy atom. The van der Waals surface area contributed by atoms with Crippen molar-refractivity contribution in [2.45, 2.75) is 18.7 Å². The maximum Gasteiger partial charge on any atom is 0.315 e. The van der Waals surface area contributed by atoms with Gasteiger partial charge in [0.15, 0.2) is 0 Å². The lowest BCUT2D eigenvalue weighted by Crippen LogP contribution is -2.18. The first-order valence-corrected chi connectivity index (χ1v) is 6.83. The van der Waals surface area contributed by atoms with Crippen LogP contribution in [-0.4, -0.2) is 48.5 Å². The molecule has 0 radical (unpaired) electrons. The van der Waals surface area contributed by atoms with Crippen molar-refractivity contribution in [3.05, 3.63) is 5.89 Å². The third-order valence-corrected chi connectivity index (χ3v) is 3.14. The molecule has 0 amide bonds. The van der Waals surface area contributed by atoms with Gasteiger partial charge in [-0.2, -0.15) is 11.8 Å². The summed E-state index contributed by atoms with van der Waals surface area (Å²) in [5.41, 5.74) is 0. The summed E-state index contributed by atoms with van der Waals surface area (Å²) in [5.74, 6) is 0.584. The fourth-order valence-corrected chi connectivity index (χ4v) is 1.33. The van der Waals surface area contributed by atoms with Crippen LogP contribution in [0.15, 0.2) is 4.42 Å². The van der Waals surface area contributed by atoms with Gasteiger partial charge in [0.1, 0.15) is 0 Å². The first-order chi connectivity index (χ1) is 8.26. The lowest BCUT2D eigenvalue weighted by atomic mass is 10.5. The number of rotatable bonds is 9. The van der Waals surface area contributed by atoms with Crippen molar-refractivity contribution in [3.63, 3.8) is 0 Å². The van der Waals surface area contributed by atoms with Crippen LogP contribution in [0.4, 0.5) is 6.01 Å². The molecule has 1 unspecified atom stereocenters. The van der Waals surface area contributed by atoms with E-state index in [1.54, 1.807) is 18.9 Å². The quantitative estimate of drug-likeness (QED) is 0.641. The number of hydrogen-bond donors (Lipinski definition) is 2. The third kappa shape index (κ3) is 5.90. The summed E-state index contributed by atoms with van der Waals surface area (Å²) in [6, 6.07) is 0.481. The minimum atomic E-state index is 0.481. The maximum absolute atomic E-state index is 5.41. The summed E-state index contributed by atoms with van der Waals surface area (Å²) in [7, 11) is 1.67. The Bertz CT molecular complexity index is 308. The highest BCUT2D eigenvalue weighted by atomic mass is 32.2. The van der Waals surface area contributed by atoms with Crippen LogP contribution in [0.25, 0.3) is 0 Å². The molecule has 6 nitrogen and oxygen atoms in total. The maximum atomic E-state index is 5.41. The van der Waals surface area contributed by atoms with Crippen LogP contribution >= 0.6 is 11.8 Å². The standard InChI is InChI=1S/C10H20N4O2S/c1-8(17-3)6-12-10-14-13-9(16-10)7-11-4-5-15-2/h8,11H,4-7H2,1-3H3,(H,12,14). The minimum Gasteiger partial charge on any atom is -0.407 e. The van der Waals surface area contributed by atoms with Crippen molar-refractivity contribution in [3.8, 4) is 0 Å². The molecule has 1 rings (SSSR count). The van der Waals surface area contributed by atoms with E-state index in [0.29, 0.717) is 30.3 Å². The van der Waals surface area contributed by atoms with Crippen molar-refractivity contribution < 1.29 is 9.15 Å². The second-order valence-corrected chi connectivity index (χ2v) is 4.87. The summed E-state index contributed by atoms with van der Waals surface area (Å²) in [4.78, 5) is 0. The van der Waals surface area contributed by atoms with E-state index < -0.39 is 0 Å². The van der Waals surface area contributed by atoms with Gasteiger partial charge in [-0.15, -0.1) is 5.10 Å². The second kappa shape index (κ2) is 8.32. The lowest BCUT2D eigenvalue weighted by Gasteiger charge is -2.06. The molecular weight excluding hydrogens is 240 g/mol. The molecule has 2 N–H and O–H groups in total. The van der Waals surface area contributed by atoms with E-state index in [2.05, 4.69) is 34.0 Å².